The highest BCUT2D eigenvalue weighted by molar-refractivity contribution is 7.89. The number of benzene rings is 2. The molecule has 0 bridgehead atoms. The molecule has 0 unspecified atom stereocenters. The standard InChI is InChI=1S/C19H20N4O3S2/c1-14(21-22-19-20-17-4-2-3-5-18(17)27-19)15-6-8-16(9-7-15)28(24,25)23-10-12-26-13-11-23/h2-9H,10-13H2,1H3,(H,20,22)/b21-14+. The van der Waals surface area contributed by atoms with Crippen LogP contribution in [-0.4, -0.2) is 49.7 Å². The number of thiazole rings is 1. The molecule has 1 aromatic heterocycles. The molecule has 0 atom stereocenters. The van der Waals surface area contributed by atoms with E-state index in [4.69, 9.17) is 4.74 Å². The second kappa shape index (κ2) is 7.96. The second-order valence-corrected chi connectivity index (χ2v) is 9.31. The topological polar surface area (TPSA) is 83.9 Å². The Morgan fingerprint density at radius 2 is 1.86 bits per heavy atom. The Balaban J connectivity index is 1.48. The molecule has 1 saturated heterocycles. The van der Waals surface area contributed by atoms with Crippen molar-refractivity contribution in [2.24, 2.45) is 5.10 Å². The number of hydrogen-bond acceptors (Lipinski definition) is 7. The van der Waals surface area contributed by atoms with Crippen LogP contribution in [0.3, 0.4) is 0 Å². The van der Waals surface area contributed by atoms with Crippen LogP contribution in [0.1, 0.15) is 12.5 Å². The summed E-state index contributed by atoms with van der Waals surface area (Å²) in [4.78, 5) is 4.76. The third kappa shape index (κ3) is 3.93. The normalized spacial score (nSPS) is 16.4. The van der Waals surface area contributed by atoms with E-state index in [0.717, 1.165) is 21.5 Å². The molecular formula is C19H20N4O3S2. The van der Waals surface area contributed by atoms with Gasteiger partial charge in [-0.25, -0.2) is 13.4 Å². The first kappa shape index (κ1) is 19.0. The van der Waals surface area contributed by atoms with E-state index in [-0.39, 0.29) is 4.90 Å². The smallest absolute Gasteiger partial charge is 0.243 e. The number of ether oxygens (including phenoxy) is 1. The molecule has 1 N–H and O–H groups in total. The number of hydrazone groups is 1. The Labute approximate surface area is 167 Å². The Hall–Kier alpha value is -2.33. The third-order valence-corrected chi connectivity index (χ3v) is 7.35. The molecule has 1 fully saturated rings. The molecule has 146 valence electrons. The van der Waals surface area contributed by atoms with Crippen LogP contribution in [0.5, 0.6) is 0 Å². The number of para-hydroxylation sites is 1. The van der Waals surface area contributed by atoms with E-state index in [1.165, 1.54) is 15.6 Å². The summed E-state index contributed by atoms with van der Waals surface area (Å²) >= 11 is 1.53. The Kier molecular flexibility index (Phi) is 5.40. The van der Waals surface area contributed by atoms with Crippen molar-refractivity contribution >= 4 is 42.4 Å². The van der Waals surface area contributed by atoms with Gasteiger partial charge in [0.05, 0.1) is 34.0 Å². The van der Waals surface area contributed by atoms with Gasteiger partial charge in [-0.15, -0.1) is 0 Å². The summed E-state index contributed by atoms with van der Waals surface area (Å²) in [6.45, 7) is 3.50. The molecule has 28 heavy (non-hydrogen) atoms. The van der Waals surface area contributed by atoms with E-state index >= 15 is 0 Å². The molecule has 2 aromatic carbocycles. The highest BCUT2D eigenvalue weighted by atomic mass is 32.2. The number of hydrogen-bond donors (Lipinski definition) is 1. The summed E-state index contributed by atoms with van der Waals surface area (Å²) in [5.74, 6) is 0. The van der Waals surface area contributed by atoms with Gasteiger partial charge >= 0.3 is 0 Å². The lowest BCUT2D eigenvalue weighted by atomic mass is 10.1. The van der Waals surface area contributed by atoms with E-state index < -0.39 is 10.0 Å². The molecule has 0 saturated carbocycles. The number of aromatic nitrogens is 1. The minimum Gasteiger partial charge on any atom is -0.379 e. The van der Waals surface area contributed by atoms with Gasteiger partial charge in [-0.2, -0.15) is 9.41 Å². The van der Waals surface area contributed by atoms with E-state index in [1.807, 2.05) is 31.2 Å². The van der Waals surface area contributed by atoms with Crippen LogP contribution in [0.15, 0.2) is 58.5 Å². The summed E-state index contributed by atoms with van der Waals surface area (Å²) in [7, 11) is -3.49. The Morgan fingerprint density at radius 1 is 1.14 bits per heavy atom. The van der Waals surface area contributed by atoms with Gasteiger partial charge in [-0.05, 0) is 36.8 Å². The molecular weight excluding hydrogens is 396 g/mol. The number of morpholine rings is 1. The van der Waals surface area contributed by atoms with Crippen molar-refractivity contribution in [2.75, 3.05) is 31.7 Å². The van der Waals surface area contributed by atoms with Gasteiger partial charge in [0.2, 0.25) is 15.2 Å². The number of rotatable bonds is 5. The molecule has 1 aliphatic rings. The number of fused-ring (bicyclic) bond motifs is 1. The molecule has 2 heterocycles. The van der Waals surface area contributed by atoms with Gasteiger partial charge in [-0.1, -0.05) is 35.6 Å². The number of nitrogens with one attached hydrogen (secondary N) is 1. The van der Waals surface area contributed by atoms with E-state index in [9.17, 15) is 8.42 Å². The number of nitrogens with zero attached hydrogens (tertiary/aromatic N) is 3. The van der Waals surface area contributed by atoms with Crippen LogP contribution in [0.25, 0.3) is 10.2 Å². The molecule has 4 rings (SSSR count). The monoisotopic (exact) mass is 416 g/mol. The Bertz CT molecular complexity index is 1070. The number of anilines is 1. The zero-order valence-corrected chi connectivity index (χ0v) is 17.0. The van der Waals surface area contributed by atoms with Gasteiger partial charge in [0.15, 0.2) is 0 Å². The molecule has 0 spiro atoms. The summed E-state index contributed by atoms with van der Waals surface area (Å²) in [5.41, 5.74) is 5.50. The fourth-order valence-electron chi connectivity index (χ4n) is 2.92. The average Bonchev–Trinajstić information content (AvgIpc) is 3.16. The van der Waals surface area contributed by atoms with Crippen molar-refractivity contribution < 1.29 is 13.2 Å². The summed E-state index contributed by atoms with van der Waals surface area (Å²) in [5, 5.41) is 5.09. The predicted octanol–water partition coefficient (Wildman–Crippen LogP) is 3.15. The minimum atomic E-state index is -3.49. The maximum absolute atomic E-state index is 12.7. The second-order valence-electron chi connectivity index (χ2n) is 6.34. The highest BCUT2D eigenvalue weighted by Crippen LogP contribution is 2.25. The summed E-state index contributed by atoms with van der Waals surface area (Å²) < 4.78 is 33.2. The first-order valence-electron chi connectivity index (χ1n) is 8.88. The average molecular weight is 417 g/mol. The predicted molar refractivity (Wildman–Crippen MR) is 111 cm³/mol. The van der Waals surface area contributed by atoms with Gasteiger partial charge in [-0.3, -0.25) is 5.43 Å². The van der Waals surface area contributed by atoms with E-state index in [0.29, 0.717) is 31.4 Å². The largest absolute Gasteiger partial charge is 0.379 e. The Morgan fingerprint density at radius 3 is 2.57 bits per heavy atom. The molecule has 0 aliphatic carbocycles. The maximum Gasteiger partial charge on any atom is 0.243 e. The van der Waals surface area contributed by atoms with E-state index in [2.05, 4.69) is 15.5 Å². The van der Waals surface area contributed by atoms with E-state index in [1.54, 1.807) is 24.3 Å². The molecule has 0 amide bonds. The molecule has 0 radical (unpaired) electrons. The van der Waals surface area contributed by atoms with Crippen molar-refractivity contribution in [1.82, 2.24) is 9.29 Å². The van der Waals surface area contributed by atoms with Crippen molar-refractivity contribution in [1.29, 1.82) is 0 Å². The SMILES string of the molecule is C/C(=N\Nc1nc2ccccc2s1)c1ccc(S(=O)(=O)N2CCOCC2)cc1. The van der Waals surface area contributed by atoms with Crippen LogP contribution in [0.4, 0.5) is 5.13 Å². The first-order valence-corrected chi connectivity index (χ1v) is 11.1. The van der Waals surface area contributed by atoms with Crippen molar-refractivity contribution in [2.45, 2.75) is 11.8 Å². The van der Waals surface area contributed by atoms with Gasteiger partial charge in [0.1, 0.15) is 0 Å². The van der Waals surface area contributed by atoms with Crippen molar-refractivity contribution in [3.8, 4) is 0 Å². The lowest BCUT2D eigenvalue weighted by Gasteiger charge is -2.26. The zero-order chi connectivity index (χ0) is 19.6. The van der Waals surface area contributed by atoms with Crippen LogP contribution in [0.2, 0.25) is 0 Å². The minimum absolute atomic E-state index is 0.282. The van der Waals surface area contributed by atoms with Crippen molar-refractivity contribution in [3.63, 3.8) is 0 Å². The quantitative estimate of drug-likeness (QED) is 0.510. The fraction of sp³-hybridized carbons (Fsp3) is 0.263. The van der Waals surface area contributed by atoms with Crippen LogP contribution >= 0.6 is 11.3 Å². The third-order valence-electron chi connectivity index (χ3n) is 4.49. The van der Waals surface area contributed by atoms with Crippen LogP contribution < -0.4 is 5.43 Å². The lowest BCUT2D eigenvalue weighted by molar-refractivity contribution is 0.0730. The van der Waals surface area contributed by atoms with Gasteiger partial charge in [0, 0.05) is 13.1 Å². The fourth-order valence-corrected chi connectivity index (χ4v) is 5.14. The van der Waals surface area contributed by atoms with Crippen LogP contribution in [-0.2, 0) is 14.8 Å². The summed E-state index contributed by atoms with van der Waals surface area (Å²) in [6.07, 6.45) is 0. The number of sulfonamides is 1. The molecule has 1 aliphatic heterocycles. The summed E-state index contributed by atoms with van der Waals surface area (Å²) in [6, 6.07) is 14.7. The maximum atomic E-state index is 12.7. The van der Waals surface area contributed by atoms with Gasteiger partial charge in [0.25, 0.3) is 0 Å². The molecule has 3 aromatic rings. The first-order chi connectivity index (χ1) is 13.5. The van der Waals surface area contributed by atoms with Crippen molar-refractivity contribution in [3.05, 3.63) is 54.1 Å². The highest BCUT2D eigenvalue weighted by Gasteiger charge is 2.26. The molecule has 9 heteroatoms. The zero-order valence-electron chi connectivity index (χ0n) is 15.3. The molecule has 7 nitrogen and oxygen atoms in total. The lowest BCUT2D eigenvalue weighted by Crippen LogP contribution is -2.40. The van der Waals surface area contributed by atoms with Gasteiger partial charge < -0.3 is 4.74 Å². The van der Waals surface area contributed by atoms with Crippen LogP contribution in [0, 0.1) is 0 Å².